The van der Waals surface area contributed by atoms with Crippen LogP contribution in [-0.4, -0.2) is 64.9 Å². The quantitative estimate of drug-likeness (QED) is 0.444. The second kappa shape index (κ2) is 8.66. The van der Waals surface area contributed by atoms with Gasteiger partial charge in [-0.15, -0.1) is 11.3 Å². The molecule has 0 saturated carbocycles. The van der Waals surface area contributed by atoms with Crippen LogP contribution in [0.4, 0.5) is 0 Å². The van der Waals surface area contributed by atoms with Gasteiger partial charge in [-0.05, 0) is 13.8 Å². The van der Waals surface area contributed by atoms with E-state index in [9.17, 15) is 10.2 Å². The monoisotopic (exact) mass is 304 g/mol. The summed E-state index contributed by atoms with van der Waals surface area (Å²) in [6, 6.07) is 0. The van der Waals surface area contributed by atoms with Gasteiger partial charge in [0.15, 0.2) is 0 Å². The van der Waals surface area contributed by atoms with Crippen LogP contribution in [0, 0.1) is 6.92 Å². The number of thiazole rings is 1. The largest absolute Gasteiger partial charge is 0.393 e. The Bertz CT molecular complexity index is 384. The molecule has 0 fully saturated rings. The van der Waals surface area contributed by atoms with E-state index in [2.05, 4.69) is 10.3 Å². The van der Waals surface area contributed by atoms with Crippen molar-refractivity contribution in [2.45, 2.75) is 32.0 Å². The van der Waals surface area contributed by atoms with Gasteiger partial charge >= 0.3 is 0 Å². The molecule has 0 radical (unpaired) electrons. The molecule has 0 aliphatic heterocycles. The molecule has 4 N–H and O–H groups in total. The summed E-state index contributed by atoms with van der Waals surface area (Å²) < 4.78 is 5.41. The first-order valence-electron chi connectivity index (χ1n) is 6.63. The van der Waals surface area contributed by atoms with Crippen molar-refractivity contribution >= 4 is 11.3 Å². The maximum atomic E-state index is 9.69. The molecule has 0 amide bonds. The van der Waals surface area contributed by atoms with Crippen LogP contribution in [0.15, 0.2) is 5.51 Å². The number of aliphatic hydroxyl groups excluding tert-OH is 2. The zero-order valence-electron chi connectivity index (χ0n) is 12.0. The molecule has 1 heterocycles. The van der Waals surface area contributed by atoms with E-state index in [1.807, 2.05) is 12.4 Å². The standard InChI is InChI=1S/C13H24N2O4S/c1-10-12(20-9-15-10)3-4-19-6-11(17)5-14-7-13(2,18)8-16/h9,11,14,16-18H,3-8H2,1-2H3. The van der Waals surface area contributed by atoms with E-state index in [1.165, 1.54) is 11.8 Å². The lowest BCUT2D eigenvalue weighted by atomic mass is 10.1. The lowest BCUT2D eigenvalue weighted by Gasteiger charge is -2.21. The average Bonchev–Trinajstić information content (AvgIpc) is 2.80. The molecule has 6 nitrogen and oxygen atoms in total. The Kier molecular flexibility index (Phi) is 7.57. The van der Waals surface area contributed by atoms with Crippen molar-refractivity contribution < 1.29 is 20.1 Å². The summed E-state index contributed by atoms with van der Waals surface area (Å²) in [6.45, 7) is 4.51. The highest BCUT2D eigenvalue weighted by atomic mass is 32.1. The summed E-state index contributed by atoms with van der Waals surface area (Å²) in [5, 5.41) is 31.0. The van der Waals surface area contributed by atoms with Crippen LogP contribution >= 0.6 is 11.3 Å². The third-order valence-corrected chi connectivity index (χ3v) is 3.85. The summed E-state index contributed by atoms with van der Waals surface area (Å²) >= 11 is 1.61. The topological polar surface area (TPSA) is 94.8 Å². The van der Waals surface area contributed by atoms with E-state index >= 15 is 0 Å². The summed E-state index contributed by atoms with van der Waals surface area (Å²) in [5.41, 5.74) is 1.69. The average molecular weight is 304 g/mol. The molecular weight excluding hydrogens is 280 g/mol. The minimum atomic E-state index is -1.16. The van der Waals surface area contributed by atoms with Crippen LogP contribution in [0.25, 0.3) is 0 Å². The molecule has 1 aromatic heterocycles. The van der Waals surface area contributed by atoms with Gasteiger partial charge in [-0.25, -0.2) is 4.98 Å². The van der Waals surface area contributed by atoms with Gasteiger partial charge in [0.1, 0.15) is 0 Å². The van der Waals surface area contributed by atoms with Gasteiger partial charge in [0.25, 0.3) is 0 Å². The van der Waals surface area contributed by atoms with Crippen molar-refractivity contribution in [3.8, 4) is 0 Å². The molecule has 0 bridgehead atoms. The Labute approximate surface area is 123 Å². The highest BCUT2D eigenvalue weighted by Crippen LogP contribution is 2.12. The van der Waals surface area contributed by atoms with Crippen LogP contribution < -0.4 is 5.32 Å². The Hall–Kier alpha value is -0.570. The van der Waals surface area contributed by atoms with Crippen molar-refractivity contribution in [2.24, 2.45) is 0 Å². The fourth-order valence-corrected chi connectivity index (χ4v) is 2.34. The zero-order valence-corrected chi connectivity index (χ0v) is 12.8. The number of ether oxygens (including phenoxy) is 1. The molecule has 0 spiro atoms. The first kappa shape index (κ1) is 17.5. The van der Waals surface area contributed by atoms with E-state index in [0.29, 0.717) is 13.2 Å². The van der Waals surface area contributed by atoms with Crippen LogP contribution in [0.5, 0.6) is 0 Å². The van der Waals surface area contributed by atoms with Crippen molar-refractivity contribution in [3.05, 3.63) is 16.1 Å². The second-order valence-electron chi connectivity index (χ2n) is 5.13. The number of aromatic nitrogens is 1. The van der Waals surface area contributed by atoms with Crippen molar-refractivity contribution in [1.29, 1.82) is 0 Å². The van der Waals surface area contributed by atoms with E-state index in [0.717, 1.165) is 12.1 Å². The predicted octanol–water partition coefficient (Wildman–Crippen LogP) is -0.296. The Morgan fingerprint density at radius 3 is 2.90 bits per heavy atom. The number of hydrogen-bond donors (Lipinski definition) is 4. The highest BCUT2D eigenvalue weighted by molar-refractivity contribution is 7.09. The van der Waals surface area contributed by atoms with Crippen LogP contribution in [0.1, 0.15) is 17.5 Å². The number of aliphatic hydroxyl groups is 3. The van der Waals surface area contributed by atoms with Crippen LogP contribution in [-0.2, 0) is 11.2 Å². The Morgan fingerprint density at radius 2 is 2.30 bits per heavy atom. The summed E-state index contributed by atoms with van der Waals surface area (Å²) in [7, 11) is 0. The molecule has 0 saturated heterocycles. The molecule has 0 aliphatic carbocycles. The third-order valence-electron chi connectivity index (χ3n) is 2.85. The first-order valence-corrected chi connectivity index (χ1v) is 7.51. The normalized spacial score (nSPS) is 16.1. The molecule has 116 valence electrons. The number of nitrogens with zero attached hydrogens (tertiary/aromatic N) is 1. The van der Waals surface area contributed by atoms with Gasteiger partial charge in [-0.2, -0.15) is 0 Å². The molecule has 1 aromatic rings. The van der Waals surface area contributed by atoms with Gasteiger partial charge in [-0.1, -0.05) is 0 Å². The number of aryl methyl sites for hydroxylation is 1. The predicted molar refractivity (Wildman–Crippen MR) is 78.0 cm³/mol. The Morgan fingerprint density at radius 1 is 1.55 bits per heavy atom. The van der Waals surface area contributed by atoms with Crippen molar-refractivity contribution in [3.63, 3.8) is 0 Å². The van der Waals surface area contributed by atoms with E-state index in [1.54, 1.807) is 11.3 Å². The SMILES string of the molecule is Cc1ncsc1CCOCC(O)CNCC(C)(O)CO. The third kappa shape index (κ3) is 6.74. The van der Waals surface area contributed by atoms with Crippen LogP contribution in [0.2, 0.25) is 0 Å². The molecule has 0 aromatic carbocycles. The number of nitrogens with one attached hydrogen (secondary N) is 1. The smallest absolute Gasteiger partial charge is 0.0972 e. The summed E-state index contributed by atoms with van der Waals surface area (Å²) in [5.74, 6) is 0. The highest BCUT2D eigenvalue weighted by Gasteiger charge is 2.18. The van der Waals surface area contributed by atoms with Gasteiger partial charge in [-0.3, -0.25) is 0 Å². The van der Waals surface area contributed by atoms with Crippen molar-refractivity contribution in [2.75, 3.05) is 32.9 Å². The van der Waals surface area contributed by atoms with E-state index in [-0.39, 0.29) is 19.8 Å². The Balaban J connectivity index is 2.06. The number of hydrogen-bond acceptors (Lipinski definition) is 7. The molecule has 2 unspecified atom stereocenters. The molecule has 7 heteroatoms. The van der Waals surface area contributed by atoms with E-state index in [4.69, 9.17) is 9.84 Å². The lowest BCUT2D eigenvalue weighted by molar-refractivity contribution is -0.00364. The first-order chi connectivity index (χ1) is 9.44. The maximum absolute atomic E-state index is 9.69. The summed E-state index contributed by atoms with van der Waals surface area (Å²) in [4.78, 5) is 5.37. The van der Waals surface area contributed by atoms with Crippen molar-refractivity contribution in [1.82, 2.24) is 10.3 Å². The second-order valence-corrected chi connectivity index (χ2v) is 6.06. The number of rotatable bonds is 10. The summed E-state index contributed by atoms with van der Waals surface area (Å²) in [6.07, 6.45) is 0.169. The minimum Gasteiger partial charge on any atom is -0.393 e. The van der Waals surface area contributed by atoms with Crippen LogP contribution in [0.3, 0.4) is 0 Å². The molecule has 20 heavy (non-hydrogen) atoms. The molecule has 2 atom stereocenters. The van der Waals surface area contributed by atoms with Gasteiger partial charge < -0.3 is 25.4 Å². The van der Waals surface area contributed by atoms with Gasteiger partial charge in [0.05, 0.1) is 42.7 Å². The molecule has 1 rings (SSSR count). The maximum Gasteiger partial charge on any atom is 0.0972 e. The fourth-order valence-electron chi connectivity index (χ4n) is 1.57. The fraction of sp³-hybridized carbons (Fsp3) is 0.769. The molecular formula is C13H24N2O4S. The van der Waals surface area contributed by atoms with Gasteiger partial charge in [0, 0.05) is 24.4 Å². The lowest BCUT2D eigenvalue weighted by Crippen LogP contribution is -2.43. The van der Waals surface area contributed by atoms with E-state index < -0.39 is 11.7 Å². The van der Waals surface area contributed by atoms with Gasteiger partial charge in [0.2, 0.25) is 0 Å². The zero-order chi connectivity index (χ0) is 15.0. The molecule has 0 aliphatic rings. The minimum absolute atomic E-state index is 0.223.